The summed E-state index contributed by atoms with van der Waals surface area (Å²) in [6, 6.07) is 7.99. The molecule has 24 heavy (non-hydrogen) atoms. The summed E-state index contributed by atoms with van der Waals surface area (Å²) in [6.07, 6.45) is 2.01. The molecule has 0 aliphatic carbocycles. The van der Waals surface area contributed by atoms with Crippen LogP contribution >= 0.6 is 24.0 Å². The summed E-state index contributed by atoms with van der Waals surface area (Å²) in [5, 5.41) is 6.42. The minimum Gasteiger partial charge on any atom is -0.487 e. The Hall–Kier alpha value is -1.03. The summed E-state index contributed by atoms with van der Waals surface area (Å²) in [6.45, 7) is 4.43. The SMILES string of the molecule is CN=C(NCCS(C)(=O)=O)NC1CC(C)(C)Oc2ccccc21.I. The third-order valence-corrected chi connectivity index (χ3v) is 4.62. The van der Waals surface area contributed by atoms with E-state index in [1.165, 1.54) is 6.26 Å². The number of hydrogen-bond donors (Lipinski definition) is 2. The first-order chi connectivity index (χ1) is 10.7. The molecule has 1 atom stereocenters. The van der Waals surface area contributed by atoms with Crippen molar-refractivity contribution in [3.8, 4) is 5.75 Å². The van der Waals surface area contributed by atoms with Crippen LogP contribution in [-0.2, 0) is 9.84 Å². The normalized spacial score (nSPS) is 19.5. The summed E-state index contributed by atoms with van der Waals surface area (Å²) in [7, 11) is -1.32. The molecular formula is C16H26IN3O3S. The van der Waals surface area contributed by atoms with Crippen LogP contribution < -0.4 is 15.4 Å². The van der Waals surface area contributed by atoms with Crippen molar-refractivity contribution in [2.75, 3.05) is 25.6 Å². The van der Waals surface area contributed by atoms with Crippen LogP contribution in [0.2, 0.25) is 0 Å². The van der Waals surface area contributed by atoms with E-state index in [0.717, 1.165) is 17.7 Å². The second-order valence-corrected chi connectivity index (χ2v) is 8.69. The molecule has 0 spiro atoms. The number of sulfone groups is 1. The molecule has 136 valence electrons. The number of rotatable bonds is 4. The maximum atomic E-state index is 11.2. The van der Waals surface area contributed by atoms with Crippen molar-refractivity contribution in [2.45, 2.75) is 31.9 Å². The predicted molar refractivity (Wildman–Crippen MR) is 108 cm³/mol. The lowest BCUT2D eigenvalue weighted by Gasteiger charge is -2.38. The van der Waals surface area contributed by atoms with E-state index in [2.05, 4.69) is 29.5 Å². The van der Waals surface area contributed by atoms with E-state index in [1.807, 2.05) is 24.3 Å². The van der Waals surface area contributed by atoms with Crippen LogP contribution in [0.3, 0.4) is 0 Å². The van der Waals surface area contributed by atoms with Crippen LogP contribution in [0, 0.1) is 0 Å². The monoisotopic (exact) mass is 467 g/mol. The van der Waals surface area contributed by atoms with Gasteiger partial charge in [0.1, 0.15) is 21.2 Å². The van der Waals surface area contributed by atoms with Crippen molar-refractivity contribution in [1.29, 1.82) is 0 Å². The van der Waals surface area contributed by atoms with Crippen LogP contribution in [0.25, 0.3) is 0 Å². The van der Waals surface area contributed by atoms with E-state index in [4.69, 9.17) is 4.74 Å². The Kier molecular flexibility index (Phi) is 7.33. The number of benzene rings is 1. The Morgan fingerprint density at radius 1 is 1.38 bits per heavy atom. The molecule has 1 aromatic rings. The summed E-state index contributed by atoms with van der Waals surface area (Å²) in [4.78, 5) is 4.18. The van der Waals surface area contributed by atoms with Gasteiger partial charge in [0.05, 0.1) is 11.8 Å². The molecule has 1 aliphatic heterocycles. The van der Waals surface area contributed by atoms with Gasteiger partial charge in [-0.3, -0.25) is 4.99 Å². The topological polar surface area (TPSA) is 79.8 Å². The highest BCUT2D eigenvalue weighted by Gasteiger charge is 2.33. The molecule has 8 heteroatoms. The molecule has 1 heterocycles. The minimum absolute atomic E-state index is 0. The van der Waals surface area contributed by atoms with E-state index in [0.29, 0.717) is 12.5 Å². The molecule has 0 saturated carbocycles. The molecule has 6 nitrogen and oxygen atoms in total. The van der Waals surface area contributed by atoms with Crippen LogP contribution in [0.4, 0.5) is 0 Å². The largest absolute Gasteiger partial charge is 0.487 e. The standard InChI is InChI=1S/C16H25N3O3S.HI/c1-16(2)11-13(12-7-5-6-8-14(12)22-16)19-15(17-3)18-9-10-23(4,20)21;/h5-8,13H,9-11H2,1-4H3,(H2,17,18,19);1H. The van der Waals surface area contributed by atoms with Crippen LogP contribution in [0.5, 0.6) is 5.75 Å². The molecular weight excluding hydrogens is 441 g/mol. The highest BCUT2D eigenvalue weighted by molar-refractivity contribution is 14.0. The molecule has 0 fully saturated rings. The van der Waals surface area contributed by atoms with Gasteiger partial charge in [0.25, 0.3) is 0 Å². The van der Waals surface area contributed by atoms with Gasteiger partial charge in [-0.2, -0.15) is 0 Å². The number of aliphatic imine (C=N–C) groups is 1. The third-order valence-electron chi connectivity index (χ3n) is 3.68. The van der Waals surface area contributed by atoms with E-state index in [1.54, 1.807) is 7.05 Å². The van der Waals surface area contributed by atoms with Gasteiger partial charge in [0, 0.05) is 31.8 Å². The number of halogens is 1. The van der Waals surface area contributed by atoms with E-state index in [-0.39, 0.29) is 41.4 Å². The fourth-order valence-corrected chi connectivity index (χ4v) is 3.12. The Morgan fingerprint density at radius 2 is 2.04 bits per heavy atom. The summed E-state index contributed by atoms with van der Waals surface area (Å²) in [5.41, 5.74) is 0.801. The Balaban J connectivity index is 0.00000288. The second kappa shape index (κ2) is 8.37. The van der Waals surface area contributed by atoms with Crippen molar-refractivity contribution in [2.24, 2.45) is 4.99 Å². The Morgan fingerprint density at radius 3 is 2.67 bits per heavy atom. The minimum atomic E-state index is -2.99. The zero-order valence-corrected chi connectivity index (χ0v) is 17.6. The molecule has 0 radical (unpaired) electrons. The number of nitrogens with one attached hydrogen (secondary N) is 2. The molecule has 0 aromatic heterocycles. The molecule has 1 aliphatic rings. The Bertz CT molecular complexity index is 690. The first kappa shape index (κ1) is 21.0. The molecule has 0 amide bonds. The van der Waals surface area contributed by atoms with Crippen molar-refractivity contribution in [3.05, 3.63) is 29.8 Å². The van der Waals surface area contributed by atoms with Crippen LogP contribution in [0.15, 0.2) is 29.3 Å². The number of para-hydroxylation sites is 1. The second-order valence-electron chi connectivity index (χ2n) is 6.43. The number of ether oxygens (including phenoxy) is 1. The van der Waals surface area contributed by atoms with E-state index in [9.17, 15) is 8.42 Å². The van der Waals surface area contributed by atoms with Gasteiger partial charge in [0.15, 0.2) is 5.96 Å². The van der Waals surface area contributed by atoms with Crippen molar-refractivity contribution in [3.63, 3.8) is 0 Å². The molecule has 0 bridgehead atoms. The molecule has 0 saturated heterocycles. The fourth-order valence-electron chi connectivity index (χ4n) is 2.65. The van der Waals surface area contributed by atoms with Gasteiger partial charge in [-0.15, -0.1) is 24.0 Å². The molecule has 2 rings (SSSR count). The zero-order chi connectivity index (χ0) is 17.1. The van der Waals surface area contributed by atoms with Crippen LogP contribution in [-0.4, -0.2) is 45.6 Å². The van der Waals surface area contributed by atoms with Gasteiger partial charge < -0.3 is 15.4 Å². The highest BCUT2D eigenvalue weighted by atomic mass is 127. The van der Waals surface area contributed by atoms with Gasteiger partial charge in [0.2, 0.25) is 0 Å². The van der Waals surface area contributed by atoms with Crippen molar-refractivity contribution >= 4 is 39.8 Å². The predicted octanol–water partition coefficient (Wildman–Crippen LogP) is 2.12. The van der Waals surface area contributed by atoms with E-state index < -0.39 is 9.84 Å². The zero-order valence-electron chi connectivity index (χ0n) is 14.5. The molecule has 1 unspecified atom stereocenters. The molecule has 1 aromatic carbocycles. The van der Waals surface area contributed by atoms with Crippen molar-refractivity contribution in [1.82, 2.24) is 10.6 Å². The summed E-state index contributed by atoms with van der Waals surface area (Å²) in [5.74, 6) is 1.53. The number of fused-ring (bicyclic) bond motifs is 1. The lowest BCUT2D eigenvalue weighted by Crippen LogP contribution is -2.46. The smallest absolute Gasteiger partial charge is 0.191 e. The average molecular weight is 467 g/mol. The van der Waals surface area contributed by atoms with Crippen LogP contribution in [0.1, 0.15) is 31.9 Å². The summed E-state index contributed by atoms with van der Waals surface area (Å²) >= 11 is 0. The Labute approximate surface area is 161 Å². The van der Waals surface area contributed by atoms with Gasteiger partial charge in [-0.1, -0.05) is 18.2 Å². The average Bonchev–Trinajstić information content (AvgIpc) is 2.43. The van der Waals surface area contributed by atoms with E-state index >= 15 is 0 Å². The molecule has 2 N–H and O–H groups in total. The summed E-state index contributed by atoms with van der Waals surface area (Å²) < 4.78 is 28.5. The first-order valence-corrected chi connectivity index (χ1v) is 9.69. The third kappa shape index (κ3) is 6.12. The van der Waals surface area contributed by atoms with Crippen molar-refractivity contribution < 1.29 is 13.2 Å². The quantitative estimate of drug-likeness (QED) is 0.403. The fraction of sp³-hybridized carbons (Fsp3) is 0.562. The number of guanidine groups is 1. The highest BCUT2D eigenvalue weighted by Crippen LogP contribution is 2.39. The lowest BCUT2D eigenvalue weighted by molar-refractivity contribution is 0.0694. The lowest BCUT2D eigenvalue weighted by atomic mass is 9.90. The van der Waals surface area contributed by atoms with Gasteiger partial charge in [-0.05, 0) is 19.9 Å². The first-order valence-electron chi connectivity index (χ1n) is 7.63. The van der Waals surface area contributed by atoms with Gasteiger partial charge >= 0.3 is 0 Å². The maximum Gasteiger partial charge on any atom is 0.191 e. The number of hydrogen-bond acceptors (Lipinski definition) is 4. The number of nitrogens with zero attached hydrogens (tertiary/aromatic N) is 1. The maximum absolute atomic E-state index is 11.2. The van der Waals surface area contributed by atoms with Gasteiger partial charge in [-0.25, -0.2) is 8.42 Å².